The van der Waals surface area contributed by atoms with E-state index in [1.807, 2.05) is 0 Å². The summed E-state index contributed by atoms with van der Waals surface area (Å²) in [6.45, 7) is 9.88. The molecule has 0 spiro atoms. The van der Waals surface area contributed by atoms with Crippen LogP contribution in [0.5, 0.6) is 0 Å². The lowest BCUT2D eigenvalue weighted by Gasteiger charge is -2.14. The highest BCUT2D eigenvalue weighted by Gasteiger charge is 2.30. The molecule has 6 nitrogen and oxygen atoms in total. The second kappa shape index (κ2) is 8.68. The Balaban J connectivity index is 4.76. The molecule has 0 rings (SSSR count). The van der Waals surface area contributed by atoms with Gasteiger partial charge in [-0.25, -0.2) is 4.79 Å². The molecule has 0 aliphatic rings. The van der Waals surface area contributed by atoms with Gasteiger partial charge in [0.05, 0.1) is 12.3 Å². The van der Waals surface area contributed by atoms with Crippen LogP contribution in [0, 0.1) is 5.92 Å². The number of esters is 2. The summed E-state index contributed by atoms with van der Waals surface area (Å²) in [5, 5.41) is 8.82. The third kappa shape index (κ3) is 6.21. The predicted molar refractivity (Wildman–Crippen MR) is 67.2 cm³/mol. The molecule has 0 aromatic rings. The van der Waals surface area contributed by atoms with E-state index in [4.69, 9.17) is 9.84 Å². The van der Waals surface area contributed by atoms with Crippen LogP contribution in [-0.4, -0.2) is 36.2 Å². The molecule has 104 valence electrons. The van der Waals surface area contributed by atoms with E-state index in [9.17, 15) is 14.4 Å². The number of rotatable bonds is 9. The van der Waals surface area contributed by atoms with Gasteiger partial charge < -0.3 is 14.6 Å². The molecular formula is C13H16O6. The molecule has 0 fully saturated rings. The number of carbonyl (C=O) groups is 3. The lowest BCUT2D eigenvalue weighted by molar-refractivity contribution is -0.153. The third-order valence-electron chi connectivity index (χ3n) is 2.06. The van der Waals surface area contributed by atoms with E-state index in [-0.39, 0.29) is 13.2 Å². The molecule has 0 aromatic carbocycles. The maximum Gasteiger partial charge on any atom is 0.331 e. The van der Waals surface area contributed by atoms with Crippen molar-refractivity contribution in [3.05, 3.63) is 37.5 Å². The van der Waals surface area contributed by atoms with Crippen molar-refractivity contribution in [3.8, 4) is 0 Å². The zero-order chi connectivity index (χ0) is 14.8. The second-order valence-corrected chi connectivity index (χ2v) is 3.48. The van der Waals surface area contributed by atoms with Gasteiger partial charge in [-0.3, -0.25) is 9.59 Å². The average molecular weight is 268 g/mol. The maximum atomic E-state index is 11.6. The van der Waals surface area contributed by atoms with Crippen LogP contribution in [0.15, 0.2) is 37.5 Å². The molecule has 1 N–H and O–H groups in total. The molecule has 1 atom stereocenters. The van der Waals surface area contributed by atoms with Crippen LogP contribution >= 0.6 is 0 Å². The van der Waals surface area contributed by atoms with Crippen LogP contribution in [0.3, 0.4) is 0 Å². The number of carboxylic acid groups (broad SMARTS) is 1. The molecule has 19 heavy (non-hydrogen) atoms. The minimum Gasteiger partial charge on any atom is -0.478 e. The number of carbonyl (C=O) groups excluding carboxylic acids is 2. The Morgan fingerprint density at radius 1 is 1.11 bits per heavy atom. The van der Waals surface area contributed by atoms with Crippen molar-refractivity contribution in [3.63, 3.8) is 0 Å². The summed E-state index contributed by atoms with van der Waals surface area (Å²) in [6, 6.07) is 0. The van der Waals surface area contributed by atoms with Gasteiger partial charge in [0.15, 0.2) is 0 Å². The fourth-order valence-corrected chi connectivity index (χ4v) is 1.12. The maximum absolute atomic E-state index is 11.6. The molecule has 0 radical (unpaired) electrons. The van der Waals surface area contributed by atoms with E-state index in [1.165, 1.54) is 12.2 Å². The van der Waals surface area contributed by atoms with E-state index in [1.54, 1.807) is 0 Å². The third-order valence-corrected chi connectivity index (χ3v) is 2.06. The zero-order valence-corrected chi connectivity index (χ0v) is 10.5. The van der Waals surface area contributed by atoms with Crippen LogP contribution in [0.2, 0.25) is 0 Å². The van der Waals surface area contributed by atoms with Crippen molar-refractivity contribution in [1.29, 1.82) is 0 Å². The Hall–Kier alpha value is -2.37. The van der Waals surface area contributed by atoms with Crippen LogP contribution in [-0.2, 0) is 23.9 Å². The van der Waals surface area contributed by atoms with Crippen molar-refractivity contribution >= 4 is 17.9 Å². The average Bonchev–Trinajstić information content (AvgIpc) is 2.38. The van der Waals surface area contributed by atoms with Crippen LogP contribution < -0.4 is 0 Å². The minimum absolute atomic E-state index is 0.0210. The Labute approximate surface area is 111 Å². The van der Waals surface area contributed by atoms with E-state index in [0.717, 1.165) is 0 Å². The summed E-state index contributed by atoms with van der Waals surface area (Å²) in [5.41, 5.74) is -0.426. The van der Waals surface area contributed by atoms with E-state index < -0.39 is 35.8 Å². The fourth-order valence-electron chi connectivity index (χ4n) is 1.12. The SMILES string of the molecule is C=CCOC(=O)CC(C(=C)C(=O)O)C(=O)OCC=C. The van der Waals surface area contributed by atoms with E-state index in [2.05, 4.69) is 24.5 Å². The number of hydrogen-bond donors (Lipinski definition) is 1. The summed E-state index contributed by atoms with van der Waals surface area (Å²) >= 11 is 0. The second-order valence-electron chi connectivity index (χ2n) is 3.48. The molecule has 1 unspecified atom stereocenters. The summed E-state index contributed by atoms with van der Waals surface area (Å²) in [4.78, 5) is 33.8. The molecule has 0 heterocycles. The first-order valence-electron chi connectivity index (χ1n) is 5.40. The lowest BCUT2D eigenvalue weighted by Crippen LogP contribution is -2.26. The van der Waals surface area contributed by atoms with E-state index >= 15 is 0 Å². The van der Waals surface area contributed by atoms with Crippen molar-refractivity contribution < 1.29 is 29.0 Å². The van der Waals surface area contributed by atoms with Crippen molar-refractivity contribution in [2.75, 3.05) is 13.2 Å². The van der Waals surface area contributed by atoms with Gasteiger partial charge in [0.25, 0.3) is 0 Å². The summed E-state index contributed by atoms with van der Waals surface area (Å²) in [7, 11) is 0. The largest absolute Gasteiger partial charge is 0.478 e. The Morgan fingerprint density at radius 2 is 1.63 bits per heavy atom. The topological polar surface area (TPSA) is 89.9 Å². The smallest absolute Gasteiger partial charge is 0.331 e. The van der Waals surface area contributed by atoms with Crippen molar-refractivity contribution in [1.82, 2.24) is 0 Å². The number of carboxylic acids is 1. The zero-order valence-electron chi connectivity index (χ0n) is 10.5. The number of hydrogen-bond acceptors (Lipinski definition) is 5. The highest BCUT2D eigenvalue weighted by atomic mass is 16.5. The first-order chi connectivity index (χ1) is 8.93. The molecule has 0 saturated heterocycles. The van der Waals surface area contributed by atoms with Gasteiger partial charge in [-0.1, -0.05) is 31.9 Å². The van der Waals surface area contributed by atoms with Crippen molar-refractivity contribution in [2.24, 2.45) is 5.92 Å². The quantitative estimate of drug-likeness (QED) is 0.382. The highest BCUT2D eigenvalue weighted by molar-refractivity contribution is 5.95. The van der Waals surface area contributed by atoms with Gasteiger partial charge in [0.2, 0.25) is 0 Å². The molecule has 6 heteroatoms. The molecule has 0 aliphatic heterocycles. The first kappa shape index (κ1) is 16.6. The van der Waals surface area contributed by atoms with Gasteiger partial charge in [-0.15, -0.1) is 0 Å². The Bertz CT molecular complexity index is 396. The van der Waals surface area contributed by atoms with Gasteiger partial charge in [-0.2, -0.15) is 0 Å². The Morgan fingerprint density at radius 3 is 2.11 bits per heavy atom. The minimum atomic E-state index is -1.38. The first-order valence-corrected chi connectivity index (χ1v) is 5.40. The number of ether oxygens (including phenoxy) is 2. The molecule has 0 aromatic heterocycles. The van der Waals surface area contributed by atoms with E-state index in [0.29, 0.717) is 0 Å². The number of aliphatic carboxylic acids is 1. The Kier molecular flexibility index (Phi) is 7.60. The highest BCUT2D eigenvalue weighted by Crippen LogP contribution is 2.17. The van der Waals surface area contributed by atoms with Crippen LogP contribution in [0.25, 0.3) is 0 Å². The molecular weight excluding hydrogens is 252 g/mol. The molecule has 0 aliphatic carbocycles. The fraction of sp³-hybridized carbons (Fsp3) is 0.308. The predicted octanol–water partition coefficient (Wildman–Crippen LogP) is 1.09. The summed E-state index contributed by atoms with van der Waals surface area (Å²) in [5.74, 6) is -4.25. The molecule has 0 bridgehead atoms. The van der Waals surface area contributed by atoms with Gasteiger partial charge in [-0.05, 0) is 0 Å². The van der Waals surface area contributed by atoms with Crippen LogP contribution in [0.1, 0.15) is 6.42 Å². The van der Waals surface area contributed by atoms with Gasteiger partial charge in [0.1, 0.15) is 13.2 Å². The van der Waals surface area contributed by atoms with Gasteiger partial charge >= 0.3 is 17.9 Å². The summed E-state index contributed by atoms with van der Waals surface area (Å²) < 4.78 is 9.41. The normalized spacial score (nSPS) is 10.9. The van der Waals surface area contributed by atoms with Gasteiger partial charge in [0, 0.05) is 5.57 Å². The van der Waals surface area contributed by atoms with Crippen molar-refractivity contribution in [2.45, 2.75) is 6.42 Å². The van der Waals surface area contributed by atoms with Crippen LogP contribution in [0.4, 0.5) is 0 Å². The summed E-state index contributed by atoms with van der Waals surface area (Å²) in [6.07, 6.45) is 2.23. The monoisotopic (exact) mass is 268 g/mol. The molecule has 0 saturated carbocycles. The standard InChI is InChI=1S/C13H16O6/c1-4-6-18-11(14)8-10(9(3)12(15)16)13(17)19-7-5-2/h4-5,10H,1-3,6-8H2,(H,15,16). The molecule has 0 amide bonds. The lowest BCUT2D eigenvalue weighted by atomic mass is 9.97.